The van der Waals surface area contributed by atoms with Crippen LogP contribution in [0.15, 0.2) is 53.0 Å². The Hall–Kier alpha value is -1.81. The number of para-hydroxylation sites is 1. The van der Waals surface area contributed by atoms with Gasteiger partial charge in [-0.1, -0.05) is 18.2 Å². The molecular formula is C16H16BrNO2. The van der Waals surface area contributed by atoms with Crippen molar-refractivity contribution in [1.82, 2.24) is 0 Å². The maximum atomic E-state index is 12.3. The average molecular weight is 334 g/mol. The van der Waals surface area contributed by atoms with Crippen LogP contribution in [-0.4, -0.2) is 26.5 Å². The van der Waals surface area contributed by atoms with Crippen LogP contribution in [-0.2, 0) is 0 Å². The van der Waals surface area contributed by atoms with Gasteiger partial charge in [0.05, 0.1) is 18.1 Å². The zero-order valence-corrected chi connectivity index (χ0v) is 13.1. The summed E-state index contributed by atoms with van der Waals surface area (Å²) in [6.07, 6.45) is 0. The second-order valence-corrected chi connectivity index (χ2v) is 5.32. The van der Waals surface area contributed by atoms with E-state index < -0.39 is 0 Å². The number of hydrogen-bond donors (Lipinski definition) is 0. The number of likely N-dealkylation sites (N-methyl/N-ethyl adjacent to an activating group) is 1. The van der Waals surface area contributed by atoms with Gasteiger partial charge >= 0.3 is 0 Å². The number of halogens is 1. The van der Waals surface area contributed by atoms with Gasteiger partial charge in [-0.25, -0.2) is 0 Å². The fourth-order valence-electron chi connectivity index (χ4n) is 1.92. The Morgan fingerprint density at radius 1 is 1.20 bits per heavy atom. The molecule has 0 radical (unpaired) electrons. The van der Waals surface area contributed by atoms with Crippen molar-refractivity contribution in [3.8, 4) is 5.75 Å². The number of carbonyl (C=O) groups excluding carboxylic acids is 1. The first-order valence-corrected chi connectivity index (χ1v) is 7.04. The molecular weight excluding hydrogens is 318 g/mol. The van der Waals surface area contributed by atoms with Crippen molar-refractivity contribution in [3.63, 3.8) is 0 Å². The highest BCUT2D eigenvalue weighted by Crippen LogP contribution is 2.25. The Balaban J connectivity index is 2.10. The number of anilines is 1. The van der Waals surface area contributed by atoms with Gasteiger partial charge in [-0.05, 0) is 46.3 Å². The van der Waals surface area contributed by atoms with Gasteiger partial charge in [0.25, 0.3) is 0 Å². The molecule has 0 heterocycles. The van der Waals surface area contributed by atoms with E-state index in [0.717, 1.165) is 15.9 Å². The van der Waals surface area contributed by atoms with Gasteiger partial charge < -0.3 is 9.64 Å². The third kappa shape index (κ3) is 3.39. The largest absolute Gasteiger partial charge is 0.496 e. The predicted molar refractivity (Wildman–Crippen MR) is 84.7 cm³/mol. The number of ketones is 1. The van der Waals surface area contributed by atoms with Crippen LogP contribution in [0.4, 0.5) is 5.69 Å². The first-order valence-electron chi connectivity index (χ1n) is 6.24. The molecule has 2 rings (SSSR count). The van der Waals surface area contributed by atoms with Crippen LogP contribution >= 0.6 is 15.9 Å². The highest BCUT2D eigenvalue weighted by molar-refractivity contribution is 9.10. The zero-order chi connectivity index (χ0) is 14.5. The van der Waals surface area contributed by atoms with Gasteiger partial charge in [0.2, 0.25) is 0 Å². The van der Waals surface area contributed by atoms with E-state index in [0.29, 0.717) is 12.1 Å². The van der Waals surface area contributed by atoms with E-state index in [2.05, 4.69) is 15.9 Å². The highest BCUT2D eigenvalue weighted by atomic mass is 79.9. The maximum absolute atomic E-state index is 12.3. The summed E-state index contributed by atoms with van der Waals surface area (Å²) < 4.78 is 5.95. The van der Waals surface area contributed by atoms with Crippen LogP contribution < -0.4 is 9.64 Å². The van der Waals surface area contributed by atoms with Crippen molar-refractivity contribution in [2.75, 3.05) is 25.6 Å². The smallest absolute Gasteiger partial charge is 0.182 e. The first kappa shape index (κ1) is 14.6. The first-order chi connectivity index (χ1) is 9.61. The quantitative estimate of drug-likeness (QED) is 0.780. The van der Waals surface area contributed by atoms with Gasteiger partial charge in [0, 0.05) is 18.3 Å². The number of rotatable bonds is 5. The molecule has 0 aliphatic carbocycles. The van der Waals surface area contributed by atoms with Crippen LogP contribution in [0.25, 0.3) is 0 Å². The van der Waals surface area contributed by atoms with E-state index in [1.54, 1.807) is 25.3 Å². The number of methoxy groups -OCH3 is 1. The van der Waals surface area contributed by atoms with Crippen LogP contribution in [0.5, 0.6) is 5.75 Å². The summed E-state index contributed by atoms with van der Waals surface area (Å²) in [7, 11) is 3.51. The lowest BCUT2D eigenvalue weighted by atomic mass is 10.1. The fourth-order valence-corrected chi connectivity index (χ4v) is 2.46. The van der Waals surface area contributed by atoms with E-state index in [1.807, 2.05) is 42.3 Å². The molecule has 0 aliphatic rings. The van der Waals surface area contributed by atoms with E-state index >= 15 is 0 Å². The van der Waals surface area contributed by atoms with Crippen molar-refractivity contribution in [2.24, 2.45) is 0 Å². The topological polar surface area (TPSA) is 29.5 Å². The minimum Gasteiger partial charge on any atom is -0.496 e. The molecule has 0 saturated heterocycles. The lowest BCUT2D eigenvalue weighted by Crippen LogP contribution is -2.25. The molecule has 20 heavy (non-hydrogen) atoms. The summed E-state index contributed by atoms with van der Waals surface area (Å²) in [6.45, 7) is 0.336. The summed E-state index contributed by atoms with van der Waals surface area (Å²) in [5.74, 6) is 0.790. The SMILES string of the molecule is COc1ccc(C(=O)CN(C)c2ccccc2)cc1Br. The van der Waals surface area contributed by atoms with Gasteiger partial charge in [-0.2, -0.15) is 0 Å². The number of benzene rings is 2. The third-order valence-corrected chi connectivity index (χ3v) is 3.67. The highest BCUT2D eigenvalue weighted by Gasteiger charge is 2.11. The van der Waals surface area contributed by atoms with Crippen molar-refractivity contribution < 1.29 is 9.53 Å². The van der Waals surface area contributed by atoms with E-state index in [4.69, 9.17) is 4.74 Å². The molecule has 4 heteroatoms. The lowest BCUT2D eigenvalue weighted by molar-refractivity contribution is 0.100. The summed E-state index contributed by atoms with van der Waals surface area (Å²) >= 11 is 3.40. The molecule has 0 N–H and O–H groups in total. The molecule has 0 aromatic heterocycles. The van der Waals surface area contributed by atoms with Gasteiger partial charge in [-0.3, -0.25) is 4.79 Å². The van der Waals surface area contributed by atoms with Crippen molar-refractivity contribution >= 4 is 27.4 Å². The Morgan fingerprint density at radius 2 is 1.90 bits per heavy atom. The van der Waals surface area contributed by atoms with E-state index in [9.17, 15) is 4.79 Å². The van der Waals surface area contributed by atoms with Crippen molar-refractivity contribution in [1.29, 1.82) is 0 Å². The lowest BCUT2D eigenvalue weighted by Gasteiger charge is -2.18. The number of ether oxygens (including phenoxy) is 1. The monoisotopic (exact) mass is 333 g/mol. The summed E-state index contributed by atoms with van der Waals surface area (Å²) in [6, 6.07) is 15.2. The second-order valence-electron chi connectivity index (χ2n) is 4.46. The van der Waals surface area contributed by atoms with Crippen LogP contribution in [0, 0.1) is 0 Å². The van der Waals surface area contributed by atoms with Gasteiger partial charge in [0.15, 0.2) is 5.78 Å². The molecule has 0 amide bonds. The van der Waals surface area contributed by atoms with Crippen molar-refractivity contribution in [2.45, 2.75) is 0 Å². The molecule has 0 fully saturated rings. The molecule has 0 aliphatic heterocycles. The predicted octanol–water partition coefficient (Wildman–Crippen LogP) is 3.78. The molecule has 3 nitrogen and oxygen atoms in total. The van der Waals surface area contributed by atoms with Crippen molar-refractivity contribution in [3.05, 3.63) is 58.6 Å². The number of nitrogens with zero attached hydrogens (tertiary/aromatic N) is 1. The van der Waals surface area contributed by atoms with Gasteiger partial charge in [0.1, 0.15) is 5.75 Å². The standard InChI is InChI=1S/C16H16BrNO2/c1-18(13-6-4-3-5-7-13)11-15(19)12-8-9-16(20-2)14(17)10-12/h3-10H,11H2,1-2H3. The molecule has 0 spiro atoms. The van der Waals surface area contributed by atoms with E-state index in [1.165, 1.54) is 0 Å². The Kier molecular flexibility index (Phi) is 4.79. The molecule has 104 valence electrons. The van der Waals surface area contributed by atoms with Crippen LogP contribution in [0.2, 0.25) is 0 Å². The summed E-state index contributed by atoms with van der Waals surface area (Å²) in [5, 5.41) is 0. The van der Waals surface area contributed by atoms with Gasteiger partial charge in [-0.15, -0.1) is 0 Å². The average Bonchev–Trinajstić information content (AvgIpc) is 2.48. The van der Waals surface area contributed by atoms with Crippen LogP contribution in [0.3, 0.4) is 0 Å². The summed E-state index contributed by atoms with van der Waals surface area (Å²) in [4.78, 5) is 14.2. The number of Topliss-reactive ketones (excluding diaryl/α,β-unsaturated/α-hetero) is 1. The minimum absolute atomic E-state index is 0.0692. The zero-order valence-electron chi connectivity index (χ0n) is 11.5. The molecule has 0 bridgehead atoms. The molecule has 2 aromatic rings. The normalized spacial score (nSPS) is 10.2. The Morgan fingerprint density at radius 3 is 2.50 bits per heavy atom. The Bertz CT molecular complexity index is 599. The minimum atomic E-state index is 0.0692. The van der Waals surface area contributed by atoms with E-state index in [-0.39, 0.29) is 5.78 Å². The molecule has 0 unspecified atom stereocenters. The molecule has 0 atom stereocenters. The number of hydrogen-bond acceptors (Lipinski definition) is 3. The summed E-state index contributed by atoms with van der Waals surface area (Å²) in [5.41, 5.74) is 1.69. The maximum Gasteiger partial charge on any atom is 0.182 e. The number of carbonyl (C=O) groups is 1. The third-order valence-electron chi connectivity index (χ3n) is 3.05. The Labute approximate surface area is 127 Å². The fraction of sp³-hybridized carbons (Fsp3) is 0.188. The second kappa shape index (κ2) is 6.57. The van der Waals surface area contributed by atoms with Crippen LogP contribution in [0.1, 0.15) is 10.4 Å². The molecule has 0 saturated carbocycles. The molecule has 2 aromatic carbocycles.